The van der Waals surface area contributed by atoms with E-state index >= 15 is 0 Å². The molecular formula is C19H19NO3. The maximum Gasteiger partial charge on any atom is 0.336 e. The Kier molecular flexibility index (Phi) is 4.33. The molecular weight excluding hydrogens is 290 g/mol. The fourth-order valence-corrected chi connectivity index (χ4v) is 2.64. The van der Waals surface area contributed by atoms with Crippen LogP contribution in [0.3, 0.4) is 0 Å². The van der Waals surface area contributed by atoms with E-state index in [-0.39, 0.29) is 5.75 Å². The van der Waals surface area contributed by atoms with Crippen molar-refractivity contribution in [1.82, 2.24) is 0 Å². The van der Waals surface area contributed by atoms with Gasteiger partial charge in [-0.05, 0) is 41.8 Å². The molecule has 0 atom stereocenters. The van der Waals surface area contributed by atoms with Crippen molar-refractivity contribution >= 4 is 16.7 Å². The second-order valence-electron chi connectivity index (χ2n) is 5.57. The Hall–Kier alpha value is -2.75. The smallest absolute Gasteiger partial charge is 0.336 e. The van der Waals surface area contributed by atoms with Crippen LogP contribution in [0.1, 0.15) is 24.5 Å². The number of anilines is 1. The molecule has 0 saturated carbocycles. The highest BCUT2D eigenvalue weighted by atomic mass is 16.4. The SMILES string of the molecule is CCCc1ccc(NCc2cc(=O)oc3cc(O)ccc23)cc1. The zero-order valence-corrected chi connectivity index (χ0v) is 13.0. The van der Waals surface area contributed by atoms with Crippen LogP contribution in [-0.2, 0) is 13.0 Å². The fourth-order valence-electron chi connectivity index (χ4n) is 2.64. The maximum atomic E-state index is 11.7. The van der Waals surface area contributed by atoms with Crippen LogP contribution in [0.15, 0.2) is 57.7 Å². The molecule has 0 spiro atoms. The molecule has 1 aromatic heterocycles. The fraction of sp³-hybridized carbons (Fsp3) is 0.211. The average molecular weight is 309 g/mol. The third kappa shape index (κ3) is 3.54. The number of phenolic OH excluding ortho intramolecular Hbond substituents is 1. The third-order valence-corrected chi connectivity index (χ3v) is 3.79. The topological polar surface area (TPSA) is 62.5 Å². The Bertz CT molecular complexity index is 866. The number of hydrogen-bond donors (Lipinski definition) is 2. The van der Waals surface area contributed by atoms with E-state index < -0.39 is 5.63 Å². The highest BCUT2D eigenvalue weighted by Gasteiger charge is 2.06. The van der Waals surface area contributed by atoms with Crippen molar-refractivity contribution in [3.63, 3.8) is 0 Å². The molecule has 4 nitrogen and oxygen atoms in total. The van der Waals surface area contributed by atoms with E-state index in [4.69, 9.17) is 4.42 Å². The average Bonchev–Trinajstić information content (AvgIpc) is 2.53. The molecule has 2 aromatic carbocycles. The predicted octanol–water partition coefficient (Wildman–Crippen LogP) is 4.06. The molecule has 118 valence electrons. The van der Waals surface area contributed by atoms with E-state index in [0.29, 0.717) is 12.1 Å². The van der Waals surface area contributed by atoms with Gasteiger partial charge in [-0.3, -0.25) is 0 Å². The van der Waals surface area contributed by atoms with E-state index in [1.165, 1.54) is 17.7 Å². The van der Waals surface area contributed by atoms with Gasteiger partial charge in [0.2, 0.25) is 0 Å². The zero-order valence-electron chi connectivity index (χ0n) is 13.0. The van der Waals surface area contributed by atoms with Crippen LogP contribution in [0.2, 0.25) is 0 Å². The Labute approximate surface area is 134 Å². The summed E-state index contributed by atoms with van der Waals surface area (Å²) in [6, 6.07) is 14.6. The molecule has 0 amide bonds. The Balaban J connectivity index is 1.82. The molecule has 0 bridgehead atoms. The molecule has 0 unspecified atom stereocenters. The summed E-state index contributed by atoms with van der Waals surface area (Å²) in [7, 11) is 0. The van der Waals surface area contributed by atoms with Crippen molar-refractivity contribution < 1.29 is 9.52 Å². The summed E-state index contributed by atoms with van der Waals surface area (Å²) in [6.07, 6.45) is 2.21. The third-order valence-electron chi connectivity index (χ3n) is 3.79. The van der Waals surface area contributed by atoms with Gasteiger partial charge in [-0.1, -0.05) is 25.5 Å². The first-order valence-electron chi connectivity index (χ1n) is 7.74. The monoisotopic (exact) mass is 309 g/mol. The number of rotatable bonds is 5. The standard InChI is InChI=1S/C19H19NO3/c1-2-3-13-4-6-15(7-5-13)20-12-14-10-19(22)23-18-11-16(21)8-9-17(14)18/h4-11,20-21H,2-3,12H2,1H3. The van der Waals surface area contributed by atoms with Crippen molar-refractivity contribution in [3.05, 3.63) is 70.1 Å². The number of phenols is 1. The first kappa shape index (κ1) is 15.2. The largest absolute Gasteiger partial charge is 0.508 e. The van der Waals surface area contributed by atoms with Crippen molar-refractivity contribution in [3.8, 4) is 5.75 Å². The van der Waals surface area contributed by atoms with Gasteiger partial charge < -0.3 is 14.8 Å². The number of benzene rings is 2. The lowest BCUT2D eigenvalue weighted by Crippen LogP contribution is -2.05. The van der Waals surface area contributed by atoms with Crippen LogP contribution in [-0.4, -0.2) is 5.11 Å². The van der Waals surface area contributed by atoms with Gasteiger partial charge in [-0.25, -0.2) is 4.79 Å². The molecule has 0 fully saturated rings. The predicted molar refractivity (Wildman–Crippen MR) is 91.9 cm³/mol. The molecule has 3 aromatic rings. The van der Waals surface area contributed by atoms with E-state index in [1.807, 2.05) is 12.1 Å². The van der Waals surface area contributed by atoms with Gasteiger partial charge in [0, 0.05) is 29.8 Å². The highest BCUT2D eigenvalue weighted by molar-refractivity contribution is 5.81. The van der Waals surface area contributed by atoms with E-state index in [2.05, 4.69) is 24.4 Å². The van der Waals surface area contributed by atoms with Gasteiger partial charge >= 0.3 is 5.63 Å². The van der Waals surface area contributed by atoms with Crippen molar-refractivity contribution in [2.45, 2.75) is 26.3 Å². The lowest BCUT2D eigenvalue weighted by Gasteiger charge is -2.09. The van der Waals surface area contributed by atoms with E-state index in [1.54, 1.807) is 12.1 Å². The Morgan fingerprint density at radius 2 is 1.87 bits per heavy atom. The summed E-state index contributed by atoms with van der Waals surface area (Å²) in [5.41, 5.74) is 3.14. The minimum atomic E-state index is -0.418. The van der Waals surface area contributed by atoms with Crippen molar-refractivity contribution in [2.24, 2.45) is 0 Å². The second kappa shape index (κ2) is 6.57. The molecule has 23 heavy (non-hydrogen) atoms. The van der Waals surface area contributed by atoms with Gasteiger partial charge in [0.05, 0.1) is 0 Å². The first-order chi connectivity index (χ1) is 11.2. The molecule has 0 aliphatic rings. The maximum absolute atomic E-state index is 11.7. The number of aromatic hydroxyl groups is 1. The highest BCUT2D eigenvalue weighted by Crippen LogP contribution is 2.22. The van der Waals surface area contributed by atoms with Crippen LogP contribution >= 0.6 is 0 Å². The van der Waals surface area contributed by atoms with Gasteiger partial charge in [0.1, 0.15) is 11.3 Å². The minimum absolute atomic E-state index is 0.0808. The Morgan fingerprint density at radius 1 is 1.09 bits per heavy atom. The molecule has 0 radical (unpaired) electrons. The van der Waals surface area contributed by atoms with Crippen LogP contribution in [0.25, 0.3) is 11.0 Å². The van der Waals surface area contributed by atoms with Crippen LogP contribution in [0, 0.1) is 0 Å². The van der Waals surface area contributed by atoms with Gasteiger partial charge in [0.15, 0.2) is 0 Å². The molecule has 3 rings (SSSR count). The van der Waals surface area contributed by atoms with E-state index in [0.717, 1.165) is 29.5 Å². The summed E-state index contributed by atoms with van der Waals surface area (Å²) >= 11 is 0. The molecule has 0 saturated heterocycles. The lowest BCUT2D eigenvalue weighted by atomic mass is 10.1. The molecule has 2 N–H and O–H groups in total. The zero-order chi connectivity index (χ0) is 16.2. The number of aryl methyl sites for hydroxylation is 1. The molecule has 0 aliphatic heterocycles. The quantitative estimate of drug-likeness (QED) is 0.698. The molecule has 1 heterocycles. The summed E-state index contributed by atoms with van der Waals surface area (Å²) < 4.78 is 5.13. The van der Waals surface area contributed by atoms with Crippen LogP contribution < -0.4 is 10.9 Å². The summed E-state index contributed by atoms with van der Waals surface area (Å²) in [6.45, 7) is 2.68. The first-order valence-corrected chi connectivity index (χ1v) is 7.74. The van der Waals surface area contributed by atoms with Gasteiger partial charge in [-0.15, -0.1) is 0 Å². The lowest BCUT2D eigenvalue weighted by molar-refractivity contribution is 0.473. The van der Waals surface area contributed by atoms with Crippen molar-refractivity contribution in [1.29, 1.82) is 0 Å². The summed E-state index contributed by atoms with van der Waals surface area (Å²) in [4.78, 5) is 11.7. The van der Waals surface area contributed by atoms with Gasteiger partial charge in [-0.2, -0.15) is 0 Å². The Morgan fingerprint density at radius 3 is 2.61 bits per heavy atom. The number of fused-ring (bicyclic) bond motifs is 1. The molecule has 0 aliphatic carbocycles. The minimum Gasteiger partial charge on any atom is -0.508 e. The number of hydrogen-bond acceptors (Lipinski definition) is 4. The normalized spacial score (nSPS) is 10.8. The summed E-state index contributed by atoms with van der Waals surface area (Å²) in [5, 5.41) is 13.7. The van der Waals surface area contributed by atoms with E-state index in [9.17, 15) is 9.90 Å². The van der Waals surface area contributed by atoms with Crippen molar-refractivity contribution in [2.75, 3.05) is 5.32 Å². The summed E-state index contributed by atoms with van der Waals surface area (Å²) in [5.74, 6) is 0.0808. The molecule has 4 heteroatoms. The van der Waals surface area contributed by atoms with Gasteiger partial charge in [0.25, 0.3) is 0 Å². The number of nitrogens with one attached hydrogen (secondary N) is 1. The van der Waals surface area contributed by atoms with Crippen LogP contribution in [0.5, 0.6) is 5.75 Å². The second-order valence-corrected chi connectivity index (χ2v) is 5.57. The van der Waals surface area contributed by atoms with Crippen LogP contribution in [0.4, 0.5) is 5.69 Å².